The number of rotatable bonds is 2. The molecule has 1 atom stereocenters. The molecule has 1 N–H and O–H groups in total. The standard InChI is InChI=1S/C16H23N3O.ClH/c1-13-11-14-5-2-3-6-15(14)19(13)16(20)12-18-9-4-7-17-8-10-18;/h2-3,5-6,13,17H,4,7-12H2,1H3;1H. The number of hydrogen-bond acceptors (Lipinski definition) is 3. The molecule has 116 valence electrons. The van der Waals surface area contributed by atoms with Crippen LogP contribution >= 0.6 is 12.4 Å². The third-order valence-corrected chi connectivity index (χ3v) is 4.27. The van der Waals surface area contributed by atoms with E-state index in [4.69, 9.17) is 0 Å². The van der Waals surface area contributed by atoms with Gasteiger partial charge in [0.2, 0.25) is 5.91 Å². The van der Waals surface area contributed by atoms with Gasteiger partial charge in [0, 0.05) is 24.8 Å². The average molecular weight is 310 g/mol. The van der Waals surface area contributed by atoms with Crippen molar-refractivity contribution >= 4 is 24.0 Å². The number of nitrogens with one attached hydrogen (secondary N) is 1. The molecule has 0 bridgehead atoms. The monoisotopic (exact) mass is 309 g/mol. The molecule has 3 rings (SSSR count). The lowest BCUT2D eigenvalue weighted by Gasteiger charge is -2.26. The molecule has 1 saturated heterocycles. The quantitative estimate of drug-likeness (QED) is 0.903. The lowest BCUT2D eigenvalue weighted by Crippen LogP contribution is -2.44. The maximum atomic E-state index is 12.7. The second kappa shape index (κ2) is 7.25. The van der Waals surface area contributed by atoms with E-state index in [1.165, 1.54) is 5.56 Å². The van der Waals surface area contributed by atoms with E-state index in [1.807, 2.05) is 11.0 Å². The molecule has 0 spiro atoms. The highest BCUT2D eigenvalue weighted by atomic mass is 35.5. The van der Waals surface area contributed by atoms with Crippen LogP contribution in [0.15, 0.2) is 24.3 Å². The minimum Gasteiger partial charge on any atom is -0.315 e. The predicted octanol–water partition coefficient (Wildman–Crippen LogP) is 1.68. The minimum absolute atomic E-state index is 0. The highest BCUT2D eigenvalue weighted by Gasteiger charge is 2.31. The molecule has 0 radical (unpaired) electrons. The van der Waals surface area contributed by atoms with Crippen molar-refractivity contribution in [1.82, 2.24) is 10.2 Å². The fourth-order valence-corrected chi connectivity index (χ4v) is 3.27. The Morgan fingerprint density at radius 3 is 2.95 bits per heavy atom. The highest BCUT2D eigenvalue weighted by Crippen LogP contribution is 2.31. The maximum absolute atomic E-state index is 12.7. The third kappa shape index (κ3) is 3.57. The van der Waals surface area contributed by atoms with Crippen LogP contribution in [0.3, 0.4) is 0 Å². The Hall–Kier alpha value is -1.10. The largest absolute Gasteiger partial charge is 0.315 e. The minimum atomic E-state index is 0. The zero-order valence-corrected chi connectivity index (χ0v) is 13.4. The number of benzene rings is 1. The number of amides is 1. The smallest absolute Gasteiger partial charge is 0.241 e. The van der Waals surface area contributed by atoms with E-state index in [1.54, 1.807) is 0 Å². The van der Waals surface area contributed by atoms with E-state index < -0.39 is 0 Å². The second-order valence-electron chi connectivity index (χ2n) is 5.83. The van der Waals surface area contributed by atoms with Crippen LogP contribution in [-0.4, -0.2) is 49.6 Å². The molecule has 2 aliphatic rings. The third-order valence-electron chi connectivity index (χ3n) is 4.27. The van der Waals surface area contributed by atoms with E-state index in [9.17, 15) is 4.79 Å². The van der Waals surface area contributed by atoms with Crippen LogP contribution in [0.5, 0.6) is 0 Å². The predicted molar refractivity (Wildman–Crippen MR) is 88.3 cm³/mol. The van der Waals surface area contributed by atoms with Gasteiger partial charge in [0.05, 0.1) is 6.54 Å². The molecule has 1 aromatic carbocycles. The molecule has 0 aromatic heterocycles. The molecular weight excluding hydrogens is 286 g/mol. The number of carbonyl (C=O) groups is 1. The van der Waals surface area contributed by atoms with Crippen molar-refractivity contribution in [2.24, 2.45) is 0 Å². The zero-order chi connectivity index (χ0) is 13.9. The van der Waals surface area contributed by atoms with Gasteiger partial charge in [-0.2, -0.15) is 0 Å². The summed E-state index contributed by atoms with van der Waals surface area (Å²) in [7, 11) is 0. The van der Waals surface area contributed by atoms with Crippen LogP contribution in [0.2, 0.25) is 0 Å². The summed E-state index contributed by atoms with van der Waals surface area (Å²) in [5.41, 5.74) is 2.41. The molecule has 2 aliphatic heterocycles. The van der Waals surface area contributed by atoms with Crippen molar-refractivity contribution in [2.75, 3.05) is 37.6 Å². The van der Waals surface area contributed by atoms with Crippen molar-refractivity contribution in [1.29, 1.82) is 0 Å². The Balaban J connectivity index is 0.00000161. The molecule has 0 saturated carbocycles. The van der Waals surface area contributed by atoms with Crippen LogP contribution in [0.1, 0.15) is 18.9 Å². The van der Waals surface area contributed by atoms with E-state index in [2.05, 4.69) is 35.3 Å². The fraction of sp³-hybridized carbons (Fsp3) is 0.562. The molecule has 21 heavy (non-hydrogen) atoms. The van der Waals surface area contributed by atoms with Gasteiger partial charge in [-0.3, -0.25) is 9.69 Å². The Labute approximate surface area is 132 Å². The first-order valence-corrected chi connectivity index (χ1v) is 7.59. The first-order valence-electron chi connectivity index (χ1n) is 7.59. The number of carbonyl (C=O) groups excluding carboxylic acids is 1. The number of hydrogen-bond donors (Lipinski definition) is 1. The van der Waals surface area contributed by atoms with Crippen LogP contribution in [0.25, 0.3) is 0 Å². The van der Waals surface area contributed by atoms with Gasteiger partial charge in [-0.05, 0) is 44.5 Å². The first kappa shape index (κ1) is 16.3. The van der Waals surface area contributed by atoms with E-state index in [0.29, 0.717) is 6.54 Å². The van der Waals surface area contributed by atoms with Gasteiger partial charge in [0.15, 0.2) is 0 Å². The van der Waals surface area contributed by atoms with Crippen LogP contribution in [-0.2, 0) is 11.2 Å². The van der Waals surface area contributed by atoms with Gasteiger partial charge in [-0.25, -0.2) is 0 Å². The number of anilines is 1. The molecule has 1 amide bonds. The summed E-state index contributed by atoms with van der Waals surface area (Å²) >= 11 is 0. The molecule has 1 unspecified atom stereocenters. The number of nitrogens with zero attached hydrogens (tertiary/aromatic N) is 2. The van der Waals surface area contributed by atoms with Gasteiger partial charge in [-0.1, -0.05) is 18.2 Å². The van der Waals surface area contributed by atoms with Gasteiger partial charge >= 0.3 is 0 Å². The SMILES string of the molecule is CC1Cc2ccccc2N1C(=O)CN1CCCNCC1.Cl. The summed E-state index contributed by atoms with van der Waals surface area (Å²) in [6.07, 6.45) is 2.10. The van der Waals surface area contributed by atoms with Crippen molar-refractivity contribution < 1.29 is 4.79 Å². The Bertz CT molecular complexity index is 486. The van der Waals surface area contributed by atoms with Crippen LogP contribution in [0.4, 0.5) is 5.69 Å². The number of para-hydroxylation sites is 1. The summed E-state index contributed by atoms with van der Waals surface area (Å²) in [4.78, 5) is 16.9. The van der Waals surface area contributed by atoms with Crippen LogP contribution in [0, 0.1) is 0 Å². The molecule has 4 nitrogen and oxygen atoms in total. The molecule has 1 aromatic rings. The van der Waals surface area contributed by atoms with Gasteiger partial charge in [-0.15, -0.1) is 12.4 Å². The van der Waals surface area contributed by atoms with Crippen molar-refractivity contribution in [2.45, 2.75) is 25.8 Å². The van der Waals surface area contributed by atoms with E-state index >= 15 is 0 Å². The van der Waals surface area contributed by atoms with Gasteiger partial charge in [0.1, 0.15) is 0 Å². The number of halogens is 1. The second-order valence-corrected chi connectivity index (χ2v) is 5.83. The van der Waals surface area contributed by atoms with Crippen molar-refractivity contribution in [3.63, 3.8) is 0 Å². The molecule has 1 fully saturated rings. The lowest BCUT2D eigenvalue weighted by atomic mass is 10.1. The fourth-order valence-electron chi connectivity index (χ4n) is 3.27. The molecular formula is C16H24ClN3O. The Kier molecular flexibility index (Phi) is 5.62. The van der Waals surface area contributed by atoms with Crippen molar-refractivity contribution in [3.8, 4) is 0 Å². The average Bonchev–Trinajstić information content (AvgIpc) is 2.60. The highest BCUT2D eigenvalue weighted by molar-refractivity contribution is 5.97. The summed E-state index contributed by atoms with van der Waals surface area (Å²) in [6, 6.07) is 8.56. The first-order chi connectivity index (χ1) is 9.75. The maximum Gasteiger partial charge on any atom is 0.241 e. The van der Waals surface area contributed by atoms with Gasteiger partial charge in [0.25, 0.3) is 0 Å². The zero-order valence-electron chi connectivity index (χ0n) is 12.5. The lowest BCUT2D eigenvalue weighted by molar-refractivity contribution is -0.120. The molecule has 5 heteroatoms. The summed E-state index contributed by atoms with van der Waals surface area (Å²) in [6.45, 7) is 6.72. The van der Waals surface area contributed by atoms with Crippen molar-refractivity contribution in [3.05, 3.63) is 29.8 Å². The van der Waals surface area contributed by atoms with Gasteiger partial charge < -0.3 is 10.2 Å². The van der Waals surface area contributed by atoms with E-state index in [0.717, 1.165) is 44.7 Å². The number of fused-ring (bicyclic) bond motifs is 1. The Morgan fingerprint density at radius 2 is 2.10 bits per heavy atom. The van der Waals surface area contributed by atoms with E-state index in [-0.39, 0.29) is 24.4 Å². The normalized spacial score (nSPS) is 22.3. The molecule has 2 heterocycles. The Morgan fingerprint density at radius 1 is 1.29 bits per heavy atom. The summed E-state index contributed by atoms with van der Waals surface area (Å²) in [5, 5.41) is 3.38. The summed E-state index contributed by atoms with van der Waals surface area (Å²) in [5.74, 6) is 0.240. The topological polar surface area (TPSA) is 35.6 Å². The van der Waals surface area contributed by atoms with Crippen LogP contribution < -0.4 is 10.2 Å². The molecule has 0 aliphatic carbocycles. The summed E-state index contributed by atoms with van der Waals surface area (Å²) < 4.78 is 0.